The van der Waals surface area contributed by atoms with E-state index in [1.807, 2.05) is 0 Å². The number of hydrogen-bond donors (Lipinski definition) is 1. The zero-order valence-corrected chi connectivity index (χ0v) is 9.92. The molecule has 0 aliphatic rings. The van der Waals surface area contributed by atoms with Gasteiger partial charge in [0.2, 0.25) is 5.82 Å². The van der Waals surface area contributed by atoms with Gasteiger partial charge in [-0.3, -0.25) is 0 Å². The van der Waals surface area contributed by atoms with Gasteiger partial charge in [-0.2, -0.15) is 13.2 Å². The van der Waals surface area contributed by atoms with Crippen molar-refractivity contribution in [3.63, 3.8) is 0 Å². The van der Waals surface area contributed by atoms with Crippen LogP contribution in [0.5, 0.6) is 0 Å². The highest BCUT2D eigenvalue weighted by molar-refractivity contribution is 6.29. The van der Waals surface area contributed by atoms with Crippen LogP contribution in [-0.2, 0) is 6.18 Å². The molecule has 4 nitrogen and oxygen atoms in total. The van der Waals surface area contributed by atoms with E-state index < -0.39 is 18.1 Å². The Hall–Kier alpha value is -1.08. The number of likely N-dealkylation sites (N-methyl/N-ethyl adjacent to an activating group) is 1. The van der Waals surface area contributed by atoms with Gasteiger partial charge in [0.05, 0.1) is 6.10 Å². The number of aliphatic hydroxyl groups is 1. The largest absolute Gasteiger partial charge is 0.451 e. The molecular formula is C9H11ClF3N3O. The Morgan fingerprint density at radius 3 is 2.53 bits per heavy atom. The molecule has 0 saturated carbocycles. The summed E-state index contributed by atoms with van der Waals surface area (Å²) in [6, 6.07) is 1.21. The third-order valence-corrected chi connectivity index (χ3v) is 2.06. The van der Waals surface area contributed by atoms with Crippen LogP contribution in [0.1, 0.15) is 12.7 Å². The highest BCUT2D eigenvalue weighted by Crippen LogP contribution is 2.28. The molecule has 0 amide bonds. The van der Waals surface area contributed by atoms with Crippen LogP contribution < -0.4 is 4.90 Å². The van der Waals surface area contributed by atoms with Crippen molar-refractivity contribution < 1.29 is 18.3 Å². The molecule has 0 aliphatic heterocycles. The van der Waals surface area contributed by atoms with Crippen molar-refractivity contribution in [3.8, 4) is 0 Å². The van der Waals surface area contributed by atoms with Gasteiger partial charge >= 0.3 is 6.18 Å². The van der Waals surface area contributed by atoms with Gasteiger partial charge in [0.25, 0.3) is 0 Å². The van der Waals surface area contributed by atoms with Crippen molar-refractivity contribution in [1.82, 2.24) is 9.97 Å². The molecule has 1 heterocycles. The molecule has 0 bridgehead atoms. The van der Waals surface area contributed by atoms with Crippen molar-refractivity contribution in [2.75, 3.05) is 18.5 Å². The summed E-state index contributed by atoms with van der Waals surface area (Å²) >= 11 is 5.50. The fourth-order valence-electron chi connectivity index (χ4n) is 1.22. The molecule has 0 saturated heterocycles. The summed E-state index contributed by atoms with van der Waals surface area (Å²) in [6.07, 6.45) is -5.34. The second-order valence-corrected chi connectivity index (χ2v) is 3.99. The number of aromatic nitrogens is 2. The predicted octanol–water partition coefficient (Wildman–Crippen LogP) is 1.97. The summed E-state index contributed by atoms with van der Waals surface area (Å²) in [5.41, 5.74) is 0. The van der Waals surface area contributed by atoms with E-state index in [9.17, 15) is 13.2 Å². The predicted molar refractivity (Wildman–Crippen MR) is 57.0 cm³/mol. The molecule has 1 N–H and O–H groups in total. The van der Waals surface area contributed by atoms with E-state index in [4.69, 9.17) is 16.7 Å². The number of hydrogen-bond acceptors (Lipinski definition) is 4. The van der Waals surface area contributed by atoms with Gasteiger partial charge in [-0.1, -0.05) is 11.6 Å². The maximum atomic E-state index is 12.4. The number of nitrogens with zero attached hydrogens (tertiary/aromatic N) is 3. The second-order valence-electron chi connectivity index (χ2n) is 3.60. The molecule has 17 heavy (non-hydrogen) atoms. The molecule has 0 aromatic carbocycles. The Kier molecular flexibility index (Phi) is 4.16. The molecule has 0 spiro atoms. The Morgan fingerprint density at radius 1 is 1.47 bits per heavy atom. The van der Waals surface area contributed by atoms with Gasteiger partial charge in [0.1, 0.15) is 11.0 Å². The molecule has 8 heteroatoms. The number of anilines is 1. The van der Waals surface area contributed by atoms with Crippen LogP contribution >= 0.6 is 11.6 Å². The average molecular weight is 270 g/mol. The second kappa shape index (κ2) is 5.05. The van der Waals surface area contributed by atoms with Crippen LogP contribution in [-0.4, -0.2) is 34.8 Å². The van der Waals surface area contributed by atoms with Crippen molar-refractivity contribution in [3.05, 3.63) is 17.0 Å². The van der Waals surface area contributed by atoms with E-state index in [2.05, 4.69) is 9.97 Å². The first-order valence-electron chi connectivity index (χ1n) is 4.71. The van der Waals surface area contributed by atoms with Crippen LogP contribution in [0.15, 0.2) is 6.07 Å². The normalized spacial score (nSPS) is 13.6. The minimum Gasteiger partial charge on any atom is -0.392 e. The highest BCUT2D eigenvalue weighted by Gasteiger charge is 2.35. The van der Waals surface area contributed by atoms with Gasteiger partial charge in [0.15, 0.2) is 0 Å². The zero-order valence-electron chi connectivity index (χ0n) is 9.16. The minimum absolute atomic E-state index is 0.0122. The van der Waals surface area contributed by atoms with E-state index in [0.29, 0.717) is 0 Å². The van der Waals surface area contributed by atoms with Gasteiger partial charge in [-0.25, -0.2) is 9.97 Å². The summed E-state index contributed by atoms with van der Waals surface area (Å²) in [6.45, 7) is 1.66. The lowest BCUT2D eigenvalue weighted by Gasteiger charge is -2.20. The minimum atomic E-state index is -4.65. The molecule has 1 aromatic heterocycles. The fraction of sp³-hybridized carbons (Fsp3) is 0.556. The standard InChI is InChI=1S/C9H11ClF3N3O/c1-5(17)4-16(2)7-3-6(10)14-8(15-7)9(11,12)13/h3,5,17H,4H2,1-2H3. The third kappa shape index (κ3) is 4.01. The van der Waals surface area contributed by atoms with Crippen molar-refractivity contribution in [2.24, 2.45) is 0 Å². The van der Waals surface area contributed by atoms with Crippen molar-refractivity contribution in [1.29, 1.82) is 0 Å². The molecule has 1 atom stereocenters. The highest BCUT2D eigenvalue weighted by atomic mass is 35.5. The Labute approximate surface area is 101 Å². The first kappa shape index (κ1) is 14.0. The van der Waals surface area contributed by atoms with Gasteiger partial charge in [-0.05, 0) is 6.92 Å². The summed E-state index contributed by atoms with van der Waals surface area (Å²) in [5, 5.41) is 8.85. The van der Waals surface area contributed by atoms with E-state index in [1.54, 1.807) is 0 Å². The first-order valence-corrected chi connectivity index (χ1v) is 5.09. The number of halogens is 4. The number of aliphatic hydroxyl groups excluding tert-OH is 1. The topological polar surface area (TPSA) is 49.2 Å². The average Bonchev–Trinajstić information content (AvgIpc) is 2.14. The summed E-state index contributed by atoms with van der Waals surface area (Å²) < 4.78 is 37.3. The van der Waals surface area contributed by atoms with E-state index in [1.165, 1.54) is 24.9 Å². The van der Waals surface area contributed by atoms with Crippen LogP contribution in [0.2, 0.25) is 5.15 Å². The Morgan fingerprint density at radius 2 is 2.06 bits per heavy atom. The molecule has 0 radical (unpaired) electrons. The Balaban J connectivity index is 3.05. The molecule has 1 unspecified atom stereocenters. The molecule has 0 aliphatic carbocycles. The van der Waals surface area contributed by atoms with Crippen LogP contribution in [0.4, 0.5) is 19.0 Å². The zero-order chi connectivity index (χ0) is 13.2. The number of rotatable bonds is 3. The SMILES string of the molecule is CC(O)CN(C)c1cc(Cl)nc(C(F)(F)F)n1. The first-order chi connectivity index (χ1) is 7.70. The Bertz CT molecular complexity index is 398. The quantitative estimate of drug-likeness (QED) is 0.853. The lowest BCUT2D eigenvalue weighted by Crippen LogP contribution is -2.28. The fourth-order valence-corrected chi connectivity index (χ4v) is 1.40. The summed E-state index contributed by atoms with van der Waals surface area (Å²) in [7, 11) is 1.51. The molecule has 1 rings (SSSR count). The molecule has 96 valence electrons. The monoisotopic (exact) mass is 269 g/mol. The van der Waals surface area contributed by atoms with Crippen LogP contribution in [0.3, 0.4) is 0 Å². The van der Waals surface area contributed by atoms with E-state index in [-0.39, 0.29) is 17.5 Å². The van der Waals surface area contributed by atoms with Crippen molar-refractivity contribution in [2.45, 2.75) is 19.2 Å². The summed E-state index contributed by atoms with van der Waals surface area (Å²) in [4.78, 5) is 7.83. The number of alkyl halides is 3. The summed E-state index contributed by atoms with van der Waals surface area (Å²) in [5.74, 6) is -1.28. The lowest BCUT2D eigenvalue weighted by atomic mass is 10.3. The molecular weight excluding hydrogens is 259 g/mol. The third-order valence-electron chi connectivity index (χ3n) is 1.86. The van der Waals surface area contributed by atoms with Gasteiger partial charge < -0.3 is 10.0 Å². The van der Waals surface area contributed by atoms with Crippen LogP contribution in [0.25, 0.3) is 0 Å². The molecule has 0 fully saturated rings. The van der Waals surface area contributed by atoms with Crippen molar-refractivity contribution >= 4 is 17.4 Å². The van der Waals surface area contributed by atoms with Gasteiger partial charge in [0, 0.05) is 19.7 Å². The smallest absolute Gasteiger partial charge is 0.392 e. The maximum absolute atomic E-state index is 12.4. The van der Waals surface area contributed by atoms with Gasteiger partial charge in [-0.15, -0.1) is 0 Å². The maximum Gasteiger partial charge on any atom is 0.451 e. The molecule has 1 aromatic rings. The van der Waals surface area contributed by atoms with E-state index in [0.717, 1.165) is 0 Å². The lowest BCUT2D eigenvalue weighted by molar-refractivity contribution is -0.144. The van der Waals surface area contributed by atoms with E-state index >= 15 is 0 Å². The van der Waals surface area contributed by atoms with Crippen LogP contribution in [0, 0.1) is 0 Å².